The van der Waals surface area contributed by atoms with E-state index in [9.17, 15) is 18.0 Å². The molecule has 0 aromatic carbocycles. The van der Waals surface area contributed by atoms with Gasteiger partial charge in [0.05, 0.1) is 12.5 Å². The predicted octanol–water partition coefficient (Wildman–Crippen LogP) is 3.46. The third kappa shape index (κ3) is 3.44. The van der Waals surface area contributed by atoms with E-state index in [1.54, 1.807) is 20.8 Å². The number of hydrogen-bond acceptors (Lipinski definition) is 4. The van der Waals surface area contributed by atoms with Crippen molar-refractivity contribution in [3.8, 4) is 0 Å². The molecule has 1 atom stereocenters. The topological polar surface area (TPSA) is 39.2 Å². The second-order valence-electron chi connectivity index (χ2n) is 4.04. The number of hydrogen-bond donors (Lipinski definition) is 0. The average Bonchev–Trinajstić information content (AvgIpc) is 2.66. The molecular formula is C11H14F3NO2S. The van der Waals surface area contributed by atoms with Crippen LogP contribution in [0, 0.1) is 5.92 Å². The number of carbonyl (C=O) groups excluding carboxylic acids is 1. The van der Waals surface area contributed by atoms with Crippen molar-refractivity contribution < 1.29 is 22.7 Å². The second kappa shape index (κ2) is 5.69. The lowest BCUT2D eigenvalue weighted by molar-refractivity contribution is -0.146. The lowest BCUT2D eigenvalue weighted by atomic mass is 9.95. The second-order valence-corrected chi connectivity index (χ2v) is 5.10. The van der Waals surface area contributed by atoms with Gasteiger partial charge in [-0.05, 0) is 12.8 Å². The van der Waals surface area contributed by atoms with Crippen molar-refractivity contribution in [1.82, 2.24) is 4.98 Å². The van der Waals surface area contributed by atoms with Crippen LogP contribution >= 0.6 is 11.3 Å². The molecule has 0 aliphatic carbocycles. The summed E-state index contributed by atoms with van der Waals surface area (Å²) in [5.41, 5.74) is 0. The Hall–Kier alpha value is -1.11. The lowest BCUT2D eigenvalue weighted by Crippen LogP contribution is -2.19. The normalized spacial score (nSPS) is 13.7. The van der Waals surface area contributed by atoms with E-state index in [2.05, 4.69) is 4.98 Å². The SMILES string of the molecule is CCOC(=O)C(c1cnc(C(F)(F)F)s1)C(C)C. The monoisotopic (exact) mass is 281 g/mol. The number of thiazole rings is 1. The van der Waals surface area contributed by atoms with Crippen molar-refractivity contribution in [2.24, 2.45) is 5.92 Å². The molecule has 0 aliphatic heterocycles. The van der Waals surface area contributed by atoms with Gasteiger partial charge in [-0.1, -0.05) is 13.8 Å². The molecule has 0 aliphatic rings. The van der Waals surface area contributed by atoms with Gasteiger partial charge in [0.15, 0.2) is 5.01 Å². The van der Waals surface area contributed by atoms with E-state index in [1.807, 2.05) is 0 Å². The van der Waals surface area contributed by atoms with E-state index in [-0.39, 0.29) is 17.4 Å². The fourth-order valence-electron chi connectivity index (χ4n) is 1.51. The Kier molecular flexibility index (Phi) is 4.72. The Bertz CT molecular complexity index is 415. The maximum atomic E-state index is 12.4. The van der Waals surface area contributed by atoms with E-state index < -0.39 is 23.1 Å². The summed E-state index contributed by atoms with van der Waals surface area (Å²) in [6.07, 6.45) is -3.37. The molecule has 0 bridgehead atoms. The van der Waals surface area contributed by atoms with Gasteiger partial charge in [-0.25, -0.2) is 4.98 Å². The molecule has 18 heavy (non-hydrogen) atoms. The first-order chi connectivity index (χ1) is 8.27. The zero-order valence-corrected chi connectivity index (χ0v) is 11.1. The molecule has 3 nitrogen and oxygen atoms in total. The van der Waals surface area contributed by atoms with Crippen LogP contribution < -0.4 is 0 Å². The molecule has 1 rings (SSSR count). The molecule has 1 unspecified atom stereocenters. The van der Waals surface area contributed by atoms with Crippen molar-refractivity contribution in [1.29, 1.82) is 0 Å². The fraction of sp³-hybridized carbons (Fsp3) is 0.636. The van der Waals surface area contributed by atoms with Crippen LogP contribution in [0.3, 0.4) is 0 Å². The summed E-state index contributed by atoms with van der Waals surface area (Å²) in [5, 5.41) is -0.938. The smallest absolute Gasteiger partial charge is 0.443 e. The van der Waals surface area contributed by atoms with Gasteiger partial charge in [-0.2, -0.15) is 13.2 Å². The standard InChI is InChI=1S/C11H14F3NO2S/c1-4-17-9(16)8(6(2)3)7-5-15-10(18-7)11(12,13)14/h5-6,8H,4H2,1-3H3. The van der Waals surface area contributed by atoms with Crippen LogP contribution in [0.1, 0.15) is 36.6 Å². The van der Waals surface area contributed by atoms with Crippen LogP contribution in [-0.2, 0) is 15.7 Å². The van der Waals surface area contributed by atoms with Crippen LogP contribution in [0.2, 0.25) is 0 Å². The first-order valence-corrected chi connectivity index (χ1v) is 6.28. The van der Waals surface area contributed by atoms with Crippen LogP contribution in [-0.4, -0.2) is 17.6 Å². The molecule has 0 fully saturated rings. The predicted molar refractivity (Wildman–Crippen MR) is 61.3 cm³/mol. The third-order valence-corrected chi connectivity index (χ3v) is 3.41. The van der Waals surface area contributed by atoms with Gasteiger partial charge in [0, 0.05) is 11.1 Å². The van der Waals surface area contributed by atoms with Gasteiger partial charge in [0.2, 0.25) is 0 Å². The Morgan fingerprint density at radius 2 is 2.11 bits per heavy atom. The molecule has 1 heterocycles. The highest BCUT2D eigenvalue weighted by Crippen LogP contribution is 2.37. The number of ether oxygens (including phenoxy) is 1. The minimum atomic E-state index is -4.47. The van der Waals surface area contributed by atoms with E-state index in [1.165, 1.54) is 0 Å². The summed E-state index contributed by atoms with van der Waals surface area (Å²) in [6.45, 7) is 5.37. The van der Waals surface area contributed by atoms with Crippen LogP contribution in [0.5, 0.6) is 0 Å². The molecular weight excluding hydrogens is 267 g/mol. The molecule has 0 N–H and O–H groups in total. The van der Waals surface area contributed by atoms with Gasteiger partial charge < -0.3 is 4.74 Å². The Morgan fingerprint density at radius 3 is 2.50 bits per heavy atom. The van der Waals surface area contributed by atoms with E-state index in [4.69, 9.17) is 4.74 Å². The molecule has 0 saturated heterocycles. The number of nitrogens with zero attached hydrogens (tertiary/aromatic N) is 1. The Balaban J connectivity index is 3.01. The largest absolute Gasteiger partial charge is 0.465 e. The summed E-state index contributed by atoms with van der Waals surface area (Å²) >= 11 is 0.493. The van der Waals surface area contributed by atoms with Gasteiger partial charge in [0.25, 0.3) is 0 Å². The third-order valence-electron chi connectivity index (χ3n) is 2.28. The van der Waals surface area contributed by atoms with Gasteiger partial charge >= 0.3 is 12.1 Å². The zero-order valence-electron chi connectivity index (χ0n) is 10.2. The fourth-order valence-corrected chi connectivity index (χ4v) is 2.56. The minimum absolute atomic E-state index is 0.148. The number of rotatable bonds is 4. The molecule has 0 radical (unpaired) electrons. The quantitative estimate of drug-likeness (QED) is 0.793. The maximum Gasteiger partial charge on any atom is 0.443 e. The van der Waals surface area contributed by atoms with E-state index in [0.717, 1.165) is 6.20 Å². The Labute approximate surface area is 107 Å². The average molecular weight is 281 g/mol. The molecule has 102 valence electrons. The number of aromatic nitrogens is 1. The molecule has 0 saturated carbocycles. The number of esters is 1. The number of carbonyl (C=O) groups is 1. The van der Waals surface area contributed by atoms with Crippen molar-refractivity contribution in [2.75, 3.05) is 6.61 Å². The first kappa shape index (κ1) is 14.9. The highest BCUT2D eigenvalue weighted by Gasteiger charge is 2.37. The lowest BCUT2D eigenvalue weighted by Gasteiger charge is -2.17. The number of alkyl halides is 3. The van der Waals surface area contributed by atoms with Crippen LogP contribution in [0.15, 0.2) is 6.20 Å². The van der Waals surface area contributed by atoms with Crippen molar-refractivity contribution in [3.05, 3.63) is 16.1 Å². The summed E-state index contributed by atoms with van der Waals surface area (Å²) in [5.74, 6) is -1.35. The zero-order chi connectivity index (χ0) is 13.9. The summed E-state index contributed by atoms with van der Waals surface area (Å²) in [4.78, 5) is 15.3. The molecule has 0 spiro atoms. The summed E-state index contributed by atoms with van der Waals surface area (Å²) in [6, 6.07) is 0. The highest BCUT2D eigenvalue weighted by atomic mass is 32.1. The van der Waals surface area contributed by atoms with E-state index in [0.29, 0.717) is 11.3 Å². The summed E-state index contributed by atoms with van der Waals surface area (Å²) < 4.78 is 42.2. The highest BCUT2D eigenvalue weighted by molar-refractivity contribution is 7.11. The van der Waals surface area contributed by atoms with Crippen molar-refractivity contribution >= 4 is 17.3 Å². The minimum Gasteiger partial charge on any atom is -0.465 e. The first-order valence-electron chi connectivity index (χ1n) is 5.47. The van der Waals surface area contributed by atoms with Gasteiger partial charge in [0.1, 0.15) is 0 Å². The van der Waals surface area contributed by atoms with Crippen molar-refractivity contribution in [3.63, 3.8) is 0 Å². The maximum absolute atomic E-state index is 12.4. The molecule has 1 aromatic heterocycles. The number of halogens is 3. The van der Waals surface area contributed by atoms with Gasteiger partial charge in [-0.3, -0.25) is 4.79 Å². The van der Waals surface area contributed by atoms with Gasteiger partial charge in [-0.15, -0.1) is 11.3 Å². The van der Waals surface area contributed by atoms with E-state index >= 15 is 0 Å². The van der Waals surface area contributed by atoms with Crippen LogP contribution in [0.4, 0.5) is 13.2 Å². The molecule has 7 heteroatoms. The molecule has 1 aromatic rings. The van der Waals surface area contributed by atoms with Crippen molar-refractivity contribution in [2.45, 2.75) is 32.9 Å². The molecule has 0 amide bonds. The van der Waals surface area contributed by atoms with Crippen LogP contribution in [0.25, 0.3) is 0 Å². The summed E-state index contributed by atoms with van der Waals surface area (Å²) in [7, 11) is 0. The Morgan fingerprint density at radius 1 is 1.50 bits per heavy atom.